The molecule has 0 aromatic heterocycles. The number of carbonyl (C=O) groups is 2. The lowest BCUT2D eigenvalue weighted by atomic mass is 9.94. The Morgan fingerprint density at radius 3 is 2.58 bits per heavy atom. The minimum Gasteiger partial charge on any atom is -0.497 e. The smallest absolute Gasteiger partial charge is 0.247 e. The number of benzene rings is 3. The molecule has 5 nitrogen and oxygen atoms in total. The molecule has 4 rings (SSSR count). The maximum absolute atomic E-state index is 13.4. The molecule has 0 aliphatic carbocycles. The van der Waals surface area contributed by atoms with Crippen LogP contribution in [-0.4, -0.2) is 25.0 Å². The van der Waals surface area contributed by atoms with Gasteiger partial charge in [0.05, 0.1) is 13.5 Å². The zero-order chi connectivity index (χ0) is 21.8. The van der Waals surface area contributed by atoms with E-state index in [1.807, 2.05) is 79.7 Å². The average Bonchev–Trinajstić information content (AvgIpc) is 2.79. The monoisotopic (exact) mass is 414 g/mol. The number of fused-ring (bicyclic) bond motifs is 1. The Bertz CT molecular complexity index is 1090. The topological polar surface area (TPSA) is 58.6 Å². The predicted molar refractivity (Wildman–Crippen MR) is 123 cm³/mol. The van der Waals surface area contributed by atoms with Crippen LogP contribution in [-0.2, 0) is 22.4 Å². The van der Waals surface area contributed by atoms with Gasteiger partial charge >= 0.3 is 0 Å². The number of para-hydroxylation sites is 1. The summed E-state index contributed by atoms with van der Waals surface area (Å²) in [6, 6.07) is 22.4. The average molecular weight is 415 g/mol. The Hall–Kier alpha value is -3.60. The molecule has 2 amide bonds. The Morgan fingerprint density at radius 2 is 1.81 bits per heavy atom. The van der Waals surface area contributed by atoms with Crippen LogP contribution in [0.3, 0.4) is 0 Å². The summed E-state index contributed by atoms with van der Waals surface area (Å²) in [5.74, 6) is 0.430. The van der Waals surface area contributed by atoms with Crippen molar-refractivity contribution in [1.82, 2.24) is 0 Å². The van der Waals surface area contributed by atoms with E-state index in [9.17, 15) is 9.59 Å². The summed E-state index contributed by atoms with van der Waals surface area (Å²) in [7, 11) is 1.60. The molecule has 0 bridgehead atoms. The molecule has 1 atom stereocenters. The minimum absolute atomic E-state index is 0.107. The number of hydrogen-bond acceptors (Lipinski definition) is 3. The van der Waals surface area contributed by atoms with E-state index in [0.717, 1.165) is 34.5 Å². The molecule has 1 aliphatic heterocycles. The van der Waals surface area contributed by atoms with E-state index < -0.39 is 6.04 Å². The first-order chi connectivity index (χ1) is 15.0. The number of rotatable bonds is 5. The molecule has 31 heavy (non-hydrogen) atoms. The van der Waals surface area contributed by atoms with Crippen molar-refractivity contribution in [1.29, 1.82) is 0 Å². The van der Waals surface area contributed by atoms with Crippen LogP contribution >= 0.6 is 0 Å². The Morgan fingerprint density at radius 1 is 1.03 bits per heavy atom. The van der Waals surface area contributed by atoms with Crippen molar-refractivity contribution in [2.75, 3.05) is 17.3 Å². The van der Waals surface area contributed by atoms with Crippen LogP contribution in [0.15, 0.2) is 72.8 Å². The van der Waals surface area contributed by atoms with Crippen LogP contribution in [0, 0.1) is 6.92 Å². The Labute approximate surface area is 182 Å². The number of amides is 2. The van der Waals surface area contributed by atoms with Gasteiger partial charge in [0.1, 0.15) is 11.8 Å². The van der Waals surface area contributed by atoms with Gasteiger partial charge in [-0.2, -0.15) is 0 Å². The lowest BCUT2D eigenvalue weighted by Crippen LogP contribution is -2.50. The van der Waals surface area contributed by atoms with Gasteiger partial charge in [0.15, 0.2) is 0 Å². The minimum atomic E-state index is -0.561. The summed E-state index contributed by atoms with van der Waals surface area (Å²) in [5.41, 5.74) is 4.60. The first-order valence-electron chi connectivity index (χ1n) is 10.5. The van der Waals surface area contributed by atoms with Gasteiger partial charge in [0, 0.05) is 11.4 Å². The van der Waals surface area contributed by atoms with Crippen molar-refractivity contribution in [2.24, 2.45) is 0 Å². The molecule has 158 valence electrons. The maximum Gasteiger partial charge on any atom is 0.247 e. The second-order valence-corrected chi connectivity index (χ2v) is 7.83. The summed E-state index contributed by atoms with van der Waals surface area (Å²) in [6.45, 7) is 2.00. The highest BCUT2D eigenvalue weighted by Gasteiger charge is 2.35. The Kier molecular flexibility index (Phi) is 6.03. The van der Waals surface area contributed by atoms with Crippen LogP contribution < -0.4 is 15.0 Å². The quantitative estimate of drug-likeness (QED) is 0.667. The number of carbonyl (C=O) groups excluding carboxylic acids is 2. The van der Waals surface area contributed by atoms with E-state index in [0.29, 0.717) is 12.2 Å². The van der Waals surface area contributed by atoms with E-state index >= 15 is 0 Å². The highest BCUT2D eigenvalue weighted by atomic mass is 16.5. The summed E-state index contributed by atoms with van der Waals surface area (Å²) < 4.78 is 5.28. The van der Waals surface area contributed by atoms with Gasteiger partial charge in [0.2, 0.25) is 11.8 Å². The van der Waals surface area contributed by atoms with Crippen molar-refractivity contribution in [2.45, 2.75) is 32.2 Å². The highest BCUT2D eigenvalue weighted by molar-refractivity contribution is 6.06. The van der Waals surface area contributed by atoms with Gasteiger partial charge in [-0.1, -0.05) is 48.0 Å². The molecule has 0 saturated heterocycles. The van der Waals surface area contributed by atoms with Gasteiger partial charge in [-0.3, -0.25) is 14.5 Å². The maximum atomic E-state index is 13.4. The Balaban J connectivity index is 1.61. The van der Waals surface area contributed by atoms with Crippen LogP contribution in [0.1, 0.15) is 23.1 Å². The number of nitrogens with zero attached hydrogens (tertiary/aromatic N) is 1. The standard InChI is InChI=1S/C26H26N2O3/c1-18-10-13-21(14-11-18)27-26(30)24-15-12-20-7-3-4-9-23(20)28(24)25(29)17-19-6-5-8-22(16-19)31-2/h3-11,13-14,16,24H,12,15,17H2,1-2H3,(H,27,30). The molecule has 0 saturated carbocycles. The highest BCUT2D eigenvalue weighted by Crippen LogP contribution is 2.32. The summed E-state index contributed by atoms with van der Waals surface area (Å²) in [6.07, 6.45) is 1.53. The molecule has 1 unspecified atom stereocenters. The molecule has 3 aromatic carbocycles. The number of hydrogen-bond donors (Lipinski definition) is 1. The number of methoxy groups -OCH3 is 1. The van der Waals surface area contributed by atoms with Gasteiger partial charge in [0.25, 0.3) is 0 Å². The molecule has 1 heterocycles. The van der Waals surface area contributed by atoms with E-state index in [-0.39, 0.29) is 18.2 Å². The summed E-state index contributed by atoms with van der Waals surface area (Å²) in [4.78, 5) is 28.3. The van der Waals surface area contributed by atoms with Crippen molar-refractivity contribution in [3.05, 3.63) is 89.5 Å². The van der Waals surface area contributed by atoms with Gasteiger partial charge in [-0.25, -0.2) is 0 Å². The third-order valence-corrected chi connectivity index (χ3v) is 5.63. The number of anilines is 2. The van der Waals surface area contributed by atoms with E-state index in [4.69, 9.17) is 4.74 Å². The molecule has 0 fully saturated rings. The van der Waals surface area contributed by atoms with Crippen molar-refractivity contribution in [3.63, 3.8) is 0 Å². The molecule has 3 aromatic rings. The normalized spacial score (nSPS) is 15.2. The lowest BCUT2D eigenvalue weighted by Gasteiger charge is -2.36. The number of ether oxygens (including phenoxy) is 1. The fourth-order valence-corrected chi connectivity index (χ4v) is 4.01. The van der Waals surface area contributed by atoms with Gasteiger partial charge in [-0.15, -0.1) is 0 Å². The zero-order valence-corrected chi connectivity index (χ0v) is 17.8. The molecular formula is C26H26N2O3. The fraction of sp³-hybridized carbons (Fsp3) is 0.231. The van der Waals surface area contributed by atoms with Crippen molar-refractivity contribution in [3.8, 4) is 5.75 Å². The first-order valence-corrected chi connectivity index (χ1v) is 10.5. The van der Waals surface area contributed by atoms with Gasteiger partial charge < -0.3 is 10.1 Å². The van der Waals surface area contributed by atoms with Crippen LogP contribution in [0.4, 0.5) is 11.4 Å². The van der Waals surface area contributed by atoms with Gasteiger partial charge in [-0.05, 0) is 61.2 Å². The summed E-state index contributed by atoms with van der Waals surface area (Å²) >= 11 is 0. The third kappa shape index (κ3) is 4.61. The summed E-state index contributed by atoms with van der Waals surface area (Å²) in [5, 5.41) is 2.98. The van der Waals surface area contributed by atoms with E-state index in [1.165, 1.54) is 0 Å². The zero-order valence-electron chi connectivity index (χ0n) is 17.8. The first kappa shape index (κ1) is 20.7. The van der Waals surface area contributed by atoms with Crippen molar-refractivity contribution >= 4 is 23.2 Å². The molecule has 5 heteroatoms. The second kappa shape index (κ2) is 9.04. The molecule has 0 radical (unpaired) electrons. The lowest BCUT2D eigenvalue weighted by molar-refractivity contribution is -0.123. The molecule has 1 N–H and O–H groups in total. The number of aryl methyl sites for hydroxylation is 2. The molecule has 0 spiro atoms. The molecule has 1 aliphatic rings. The molecular weight excluding hydrogens is 388 g/mol. The largest absolute Gasteiger partial charge is 0.497 e. The van der Waals surface area contributed by atoms with Crippen LogP contribution in [0.2, 0.25) is 0 Å². The SMILES string of the molecule is COc1cccc(CC(=O)N2c3ccccc3CCC2C(=O)Nc2ccc(C)cc2)c1. The second-order valence-electron chi connectivity index (χ2n) is 7.83. The van der Waals surface area contributed by atoms with E-state index in [2.05, 4.69) is 5.32 Å². The fourth-order valence-electron chi connectivity index (χ4n) is 4.01. The van der Waals surface area contributed by atoms with Crippen LogP contribution in [0.25, 0.3) is 0 Å². The predicted octanol–water partition coefficient (Wildman–Crippen LogP) is 4.53. The van der Waals surface area contributed by atoms with Crippen LogP contribution in [0.5, 0.6) is 5.75 Å². The number of nitrogens with one attached hydrogen (secondary N) is 1. The third-order valence-electron chi connectivity index (χ3n) is 5.63. The van der Waals surface area contributed by atoms with E-state index in [1.54, 1.807) is 12.0 Å². The van der Waals surface area contributed by atoms with Crippen molar-refractivity contribution < 1.29 is 14.3 Å².